The number of aliphatic hydroxyl groups is 1. The molecule has 3 aromatic rings. The number of hydrogen-bond donors (Lipinski definition) is 1. The number of ether oxygens (including phenoxy) is 7. The highest BCUT2D eigenvalue weighted by molar-refractivity contribution is 6.73. The van der Waals surface area contributed by atoms with Crippen molar-refractivity contribution in [3.8, 4) is 17.2 Å². The summed E-state index contributed by atoms with van der Waals surface area (Å²) in [4.78, 5) is 34.0. The van der Waals surface area contributed by atoms with Crippen molar-refractivity contribution in [2.75, 3.05) is 41.4 Å². The van der Waals surface area contributed by atoms with E-state index in [1.165, 1.54) is 14.2 Å². The molecule has 1 aliphatic rings. The van der Waals surface area contributed by atoms with Gasteiger partial charge in [0, 0.05) is 31.2 Å². The molecule has 66 heavy (non-hydrogen) atoms. The zero-order valence-corrected chi connectivity index (χ0v) is 42.6. The standard InChI is InChI=1S/C51H76ClNO12Si/c1-11-66(12-2,13-3)65-45(16-14-15-29-52)35(4)43(54)30-44(55)50(62-33-38-19-25-41(58-8)26-20-38)49-36(5)48(61-32-37-17-23-40(57-7)24-18-37)51(46(64-49)31-47(56)53(6)60-10)63-34-39-21-27-42(59-9)28-22-39/h17-28,35-36,43,45-46,48-51,54H,11-16,29-34H2,1-10H3/t35-,36-,43+,45-,46-,48-,49-,50-,51-/m1/s1. The van der Waals surface area contributed by atoms with E-state index in [9.17, 15) is 9.90 Å². The number of rotatable bonds is 30. The number of hydroxylamine groups is 2. The number of carbonyl (C=O) groups is 2. The van der Waals surface area contributed by atoms with Crippen molar-refractivity contribution in [1.29, 1.82) is 0 Å². The third-order valence-corrected chi connectivity index (χ3v) is 18.2. The van der Waals surface area contributed by atoms with Gasteiger partial charge in [-0.1, -0.05) is 71.0 Å². The van der Waals surface area contributed by atoms with E-state index >= 15 is 4.79 Å². The highest BCUT2D eigenvalue weighted by atomic mass is 35.5. The van der Waals surface area contributed by atoms with Crippen LogP contribution in [-0.4, -0.2) is 114 Å². The molecular formula is C51H76ClNO12Si. The summed E-state index contributed by atoms with van der Waals surface area (Å²) in [6, 6.07) is 25.4. The molecule has 1 saturated heterocycles. The Balaban J connectivity index is 1.76. The van der Waals surface area contributed by atoms with Gasteiger partial charge in [0.15, 0.2) is 14.1 Å². The van der Waals surface area contributed by atoms with Gasteiger partial charge in [-0.05, 0) is 90.5 Å². The minimum atomic E-state index is -2.08. The summed E-state index contributed by atoms with van der Waals surface area (Å²) in [7, 11) is 5.69. The highest BCUT2D eigenvalue weighted by Gasteiger charge is 2.51. The lowest BCUT2D eigenvalue weighted by atomic mass is 9.82. The first-order valence-electron chi connectivity index (χ1n) is 23.4. The minimum Gasteiger partial charge on any atom is -0.497 e. The molecule has 0 spiro atoms. The monoisotopic (exact) mass is 957 g/mol. The van der Waals surface area contributed by atoms with E-state index in [-0.39, 0.29) is 56.4 Å². The Morgan fingerprint density at radius 2 is 1.24 bits per heavy atom. The van der Waals surface area contributed by atoms with Crippen LogP contribution in [0.25, 0.3) is 0 Å². The zero-order chi connectivity index (χ0) is 48.2. The predicted octanol–water partition coefficient (Wildman–Crippen LogP) is 9.34. The number of unbranched alkanes of at least 4 members (excludes halogenated alkanes) is 1. The van der Waals surface area contributed by atoms with E-state index in [4.69, 9.17) is 54.0 Å². The third kappa shape index (κ3) is 15.7. The number of carbonyl (C=O) groups excluding carboxylic acids is 2. The SMILES string of the molecule is CC[Si](CC)(CC)O[C@H](CCCCCl)[C@H](C)[C@@H](O)CC(=O)[C@@H](OCc1ccc(OC)cc1)[C@@H]1O[C@H](CC(=O)N(C)OC)[C@@H](OCc2ccc(OC)cc2)[C@H](OCc2ccc(OC)cc2)[C@H]1C. The first kappa shape index (κ1) is 55.0. The first-order chi connectivity index (χ1) is 31.8. The van der Waals surface area contributed by atoms with Gasteiger partial charge in [0.1, 0.15) is 29.5 Å². The smallest absolute Gasteiger partial charge is 0.248 e. The van der Waals surface area contributed by atoms with Crippen LogP contribution in [0.3, 0.4) is 0 Å². The summed E-state index contributed by atoms with van der Waals surface area (Å²) in [5.41, 5.74) is 2.57. The van der Waals surface area contributed by atoms with E-state index in [0.717, 1.165) is 59.1 Å². The van der Waals surface area contributed by atoms with Gasteiger partial charge in [-0.3, -0.25) is 14.4 Å². The topological polar surface area (TPSA) is 141 Å². The average molecular weight is 959 g/mol. The fourth-order valence-corrected chi connectivity index (χ4v) is 11.7. The number of amides is 1. The van der Waals surface area contributed by atoms with Gasteiger partial charge in [0.2, 0.25) is 5.91 Å². The van der Waals surface area contributed by atoms with Crippen molar-refractivity contribution in [3.05, 3.63) is 89.5 Å². The molecule has 0 radical (unpaired) electrons. The molecule has 9 atom stereocenters. The van der Waals surface area contributed by atoms with Crippen molar-refractivity contribution in [2.45, 2.75) is 147 Å². The van der Waals surface area contributed by atoms with Crippen molar-refractivity contribution < 1.29 is 57.1 Å². The molecule has 3 aromatic carbocycles. The molecule has 0 unspecified atom stereocenters. The normalized spacial score (nSPS) is 20.5. The van der Waals surface area contributed by atoms with Crippen LogP contribution in [0.4, 0.5) is 0 Å². The molecular weight excluding hydrogens is 882 g/mol. The number of ketones is 1. The highest BCUT2D eigenvalue weighted by Crippen LogP contribution is 2.37. The predicted molar refractivity (Wildman–Crippen MR) is 258 cm³/mol. The zero-order valence-electron chi connectivity index (χ0n) is 40.9. The fourth-order valence-electron chi connectivity index (χ4n) is 8.52. The second-order valence-corrected chi connectivity index (χ2v) is 22.4. The van der Waals surface area contributed by atoms with E-state index in [2.05, 4.69) is 20.8 Å². The maximum Gasteiger partial charge on any atom is 0.248 e. The van der Waals surface area contributed by atoms with Gasteiger partial charge < -0.3 is 42.7 Å². The van der Waals surface area contributed by atoms with Crippen LogP contribution >= 0.6 is 11.6 Å². The number of hydrogen-bond acceptors (Lipinski definition) is 12. The Hall–Kier alpha value is -3.57. The lowest BCUT2D eigenvalue weighted by Gasteiger charge is -2.47. The molecule has 13 nitrogen and oxygen atoms in total. The number of benzene rings is 3. The molecule has 1 amide bonds. The average Bonchev–Trinajstić information content (AvgIpc) is 3.35. The maximum atomic E-state index is 15.0. The molecule has 1 fully saturated rings. The minimum absolute atomic E-state index is 0.0607. The van der Waals surface area contributed by atoms with Gasteiger partial charge in [-0.2, -0.15) is 0 Å². The molecule has 1 N–H and O–H groups in total. The quantitative estimate of drug-likeness (QED) is 0.0295. The molecule has 0 aromatic heterocycles. The van der Waals surface area contributed by atoms with E-state index in [1.54, 1.807) is 21.3 Å². The Labute approximate surface area is 399 Å². The molecule has 1 heterocycles. The van der Waals surface area contributed by atoms with Crippen LogP contribution in [0.1, 0.15) is 83.4 Å². The molecule has 0 bridgehead atoms. The van der Waals surface area contributed by atoms with Crippen molar-refractivity contribution in [1.82, 2.24) is 5.06 Å². The number of alkyl halides is 1. The third-order valence-electron chi connectivity index (χ3n) is 13.3. The van der Waals surface area contributed by atoms with E-state index < -0.39 is 50.9 Å². The fraction of sp³-hybridized carbons (Fsp3) is 0.608. The Morgan fingerprint density at radius 3 is 1.70 bits per heavy atom. The number of halogens is 1. The summed E-state index contributed by atoms with van der Waals surface area (Å²) < 4.78 is 50.4. The Kier molecular flexibility index (Phi) is 23.4. The Morgan fingerprint density at radius 1 is 0.758 bits per heavy atom. The molecule has 4 rings (SSSR count). The summed E-state index contributed by atoms with van der Waals surface area (Å²) in [6.45, 7) is 10.9. The first-order valence-corrected chi connectivity index (χ1v) is 26.5. The largest absolute Gasteiger partial charge is 0.497 e. The second-order valence-electron chi connectivity index (χ2n) is 17.3. The number of nitrogens with zero attached hydrogens (tertiary/aromatic N) is 1. The van der Waals surface area contributed by atoms with E-state index in [1.807, 2.05) is 86.6 Å². The summed E-state index contributed by atoms with van der Waals surface area (Å²) in [6.07, 6.45) is -3.75. The van der Waals surface area contributed by atoms with Crippen molar-refractivity contribution in [2.24, 2.45) is 11.8 Å². The van der Waals surface area contributed by atoms with Crippen molar-refractivity contribution in [3.63, 3.8) is 0 Å². The van der Waals surface area contributed by atoms with Crippen LogP contribution in [-0.2, 0) is 57.6 Å². The Bertz CT molecular complexity index is 1840. The van der Waals surface area contributed by atoms with Crippen LogP contribution in [0, 0.1) is 11.8 Å². The number of aliphatic hydroxyl groups excluding tert-OH is 1. The lowest BCUT2D eigenvalue weighted by Crippen LogP contribution is -2.60. The number of Topliss-reactive ketones (excluding diaryl/α,β-unsaturated/α-hetero) is 1. The summed E-state index contributed by atoms with van der Waals surface area (Å²) in [5, 5.41) is 13.2. The van der Waals surface area contributed by atoms with Gasteiger partial charge >= 0.3 is 0 Å². The lowest BCUT2D eigenvalue weighted by molar-refractivity contribution is -0.254. The van der Waals surface area contributed by atoms with Gasteiger partial charge in [0.05, 0.1) is 85.2 Å². The maximum absolute atomic E-state index is 15.0. The molecule has 1 aliphatic heterocycles. The van der Waals surface area contributed by atoms with E-state index in [0.29, 0.717) is 23.1 Å². The van der Waals surface area contributed by atoms with Gasteiger partial charge in [-0.25, -0.2) is 5.06 Å². The van der Waals surface area contributed by atoms with Gasteiger partial charge in [-0.15, -0.1) is 11.6 Å². The van der Waals surface area contributed by atoms with Crippen LogP contribution in [0.2, 0.25) is 18.1 Å². The van der Waals surface area contributed by atoms with Crippen LogP contribution in [0.5, 0.6) is 17.2 Å². The van der Waals surface area contributed by atoms with Gasteiger partial charge in [0.25, 0.3) is 0 Å². The molecule has 0 saturated carbocycles. The van der Waals surface area contributed by atoms with Crippen LogP contribution < -0.4 is 14.2 Å². The molecule has 0 aliphatic carbocycles. The van der Waals surface area contributed by atoms with Crippen molar-refractivity contribution >= 4 is 31.6 Å². The van der Waals surface area contributed by atoms with Crippen LogP contribution in [0.15, 0.2) is 72.8 Å². The molecule has 15 heteroatoms. The molecule has 368 valence electrons. The second kappa shape index (κ2) is 28.0. The number of methoxy groups -OCH3 is 3. The summed E-state index contributed by atoms with van der Waals surface area (Å²) in [5.74, 6) is 1.06. The summed E-state index contributed by atoms with van der Waals surface area (Å²) >= 11 is 6.11.